The van der Waals surface area contributed by atoms with Gasteiger partial charge in [-0.05, 0) is 32.9 Å². The quantitative estimate of drug-likeness (QED) is 0.409. The molecule has 0 aliphatic carbocycles. The highest BCUT2D eigenvalue weighted by molar-refractivity contribution is 5.11. The summed E-state index contributed by atoms with van der Waals surface area (Å²) in [4.78, 5) is 0. The summed E-state index contributed by atoms with van der Waals surface area (Å²) in [6.45, 7) is 20.4. The second-order valence-electron chi connectivity index (χ2n) is 5.21. The summed E-state index contributed by atoms with van der Waals surface area (Å²) in [5.74, 6) is 0. The first kappa shape index (κ1) is 35.7. The number of benzene rings is 1. The van der Waals surface area contributed by atoms with Gasteiger partial charge < -0.3 is 5.73 Å². The smallest absolute Gasteiger partial charge is 0.0195 e. The first-order chi connectivity index (χ1) is 12.6. The van der Waals surface area contributed by atoms with Crippen LogP contribution in [0.3, 0.4) is 0 Å². The van der Waals surface area contributed by atoms with E-state index < -0.39 is 0 Å². The SMILES string of the molecule is C=C=CCCCC.CC.CCCC.CCCC.CN.Cc1ccccc1. The van der Waals surface area contributed by atoms with Gasteiger partial charge in [-0.1, -0.05) is 123 Å². The lowest BCUT2D eigenvalue weighted by atomic mass is 10.2. The Morgan fingerprint density at radius 3 is 1.38 bits per heavy atom. The molecule has 0 bridgehead atoms. The summed E-state index contributed by atoms with van der Waals surface area (Å²) in [6, 6.07) is 10.3. The van der Waals surface area contributed by atoms with E-state index in [-0.39, 0.29) is 0 Å². The second kappa shape index (κ2) is 49.5. The summed E-state index contributed by atoms with van der Waals surface area (Å²) in [5.41, 5.74) is 8.55. The van der Waals surface area contributed by atoms with Crippen LogP contribution in [0, 0.1) is 6.92 Å². The van der Waals surface area contributed by atoms with Crippen LogP contribution in [0.5, 0.6) is 0 Å². The summed E-state index contributed by atoms with van der Waals surface area (Å²) >= 11 is 0. The maximum absolute atomic E-state index is 4.50. The minimum atomic E-state index is 1.14. The first-order valence-electron chi connectivity index (χ1n) is 10.6. The van der Waals surface area contributed by atoms with Gasteiger partial charge in [-0.15, -0.1) is 5.73 Å². The fraction of sp³-hybridized carbons (Fsp3) is 0.640. The van der Waals surface area contributed by atoms with E-state index in [0.717, 1.165) is 6.42 Å². The van der Waals surface area contributed by atoms with E-state index in [1.807, 2.05) is 38.1 Å². The van der Waals surface area contributed by atoms with Crippen LogP contribution in [-0.4, -0.2) is 7.05 Å². The van der Waals surface area contributed by atoms with Crippen LogP contribution in [0.2, 0.25) is 0 Å². The number of aryl methyl sites for hydroxylation is 1. The van der Waals surface area contributed by atoms with E-state index in [4.69, 9.17) is 0 Å². The molecule has 0 fully saturated rings. The van der Waals surface area contributed by atoms with E-state index in [1.165, 1.54) is 51.1 Å². The molecule has 156 valence electrons. The van der Waals surface area contributed by atoms with Gasteiger partial charge in [-0.2, -0.15) is 0 Å². The normalized spacial score (nSPS) is 7.15. The zero-order valence-corrected chi connectivity index (χ0v) is 19.7. The minimum absolute atomic E-state index is 1.14. The van der Waals surface area contributed by atoms with E-state index in [9.17, 15) is 0 Å². The Kier molecular flexibility index (Phi) is 68.1. The van der Waals surface area contributed by atoms with Gasteiger partial charge in [0.15, 0.2) is 0 Å². The topological polar surface area (TPSA) is 26.0 Å². The Bertz CT molecular complexity index is 302. The number of hydrogen-bond donors (Lipinski definition) is 1. The molecule has 1 heteroatoms. The monoisotopic (exact) mass is 365 g/mol. The number of allylic oxidation sites excluding steroid dienone is 1. The lowest BCUT2D eigenvalue weighted by Gasteiger charge is -1.82. The molecule has 0 saturated heterocycles. The Morgan fingerprint density at radius 2 is 1.19 bits per heavy atom. The lowest BCUT2D eigenvalue weighted by molar-refractivity contribution is 0.815. The molecule has 1 nitrogen and oxygen atoms in total. The Labute approximate surface area is 167 Å². The van der Waals surface area contributed by atoms with E-state index in [2.05, 4.69) is 71.7 Å². The lowest BCUT2D eigenvalue weighted by Crippen LogP contribution is -1.69. The van der Waals surface area contributed by atoms with Gasteiger partial charge >= 0.3 is 0 Å². The standard InChI is InChI=1S/C7H8.C7H12.2C4H10.C2H6.CH5N/c1-7-5-3-2-4-6-7;1-3-5-7-6-4-2;2*1-3-4-2;2*1-2/h2-6H,1H3;5H,1,4,6-7H2,2H3;2*3-4H2,1-2H3;1-2H3;2H2,1H3. The number of rotatable bonds is 5. The van der Waals surface area contributed by atoms with Crippen molar-refractivity contribution in [3.63, 3.8) is 0 Å². The molecule has 0 heterocycles. The molecule has 0 aliphatic heterocycles. The third kappa shape index (κ3) is 66.3. The third-order valence-electron chi connectivity index (χ3n) is 2.79. The molecule has 0 aliphatic rings. The minimum Gasteiger partial charge on any atom is -0.333 e. The van der Waals surface area contributed by atoms with Gasteiger partial charge in [0.05, 0.1) is 0 Å². The molecule has 0 radical (unpaired) electrons. The summed E-state index contributed by atoms with van der Waals surface area (Å²) in [5, 5.41) is 0. The predicted molar refractivity (Wildman–Crippen MR) is 127 cm³/mol. The molecule has 0 atom stereocenters. The van der Waals surface area contributed by atoms with Crippen molar-refractivity contribution in [3.8, 4) is 0 Å². The third-order valence-corrected chi connectivity index (χ3v) is 2.79. The Hall–Kier alpha value is -1.30. The zero-order chi connectivity index (χ0) is 21.5. The highest BCUT2D eigenvalue weighted by Crippen LogP contribution is 1.92. The number of hydrogen-bond acceptors (Lipinski definition) is 1. The molecular weight excluding hydrogens is 314 g/mol. The van der Waals surface area contributed by atoms with Crippen molar-refractivity contribution in [3.05, 3.63) is 54.3 Å². The van der Waals surface area contributed by atoms with Crippen molar-refractivity contribution in [1.29, 1.82) is 0 Å². The molecule has 1 aromatic rings. The zero-order valence-electron chi connectivity index (χ0n) is 19.7. The summed E-state index contributed by atoms with van der Waals surface area (Å²) in [6.07, 6.45) is 10.9. The largest absolute Gasteiger partial charge is 0.333 e. The maximum Gasteiger partial charge on any atom is -0.0195 e. The van der Waals surface area contributed by atoms with Gasteiger partial charge in [0.25, 0.3) is 0 Å². The van der Waals surface area contributed by atoms with Crippen LogP contribution in [0.4, 0.5) is 0 Å². The van der Waals surface area contributed by atoms with Crippen LogP contribution in [0.15, 0.2) is 48.7 Å². The van der Waals surface area contributed by atoms with E-state index in [0.29, 0.717) is 0 Å². The number of unbranched alkanes of at least 4 members (excludes halogenated alkanes) is 4. The van der Waals surface area contributed by atoms with Gasteiger partial charge in [0, 0.05) is 0 Å². The summed E-state index contributed by atoms with van der Waals surface area (Å²) < 4.78 is 0. The van der Waals surface area contributed by atoms with Crippen LogP contribution < -0.4 is 5.73 Å². The first-order valence-corrected chi connectivity index (χ1v) is 10.6. The van der Waals surface area contributed by atoms with E-state index in [1.54, 1.807) is 0 Å². The average molecular weight is 366 g/mol. The molecule has 2 N–H and O–H groups in total. The molecule has 0 unspecified atom stereocenters. The molecule has 0 aromatic heterocycles. The highest BCUT2D eigenvalue weighted by Gasteiger charge is 1.73. The fourth-order valence-corrected chi connectivity index (χ4v) is 0.943. The van der Waals surface area contributed by atoms with E-state index >= 15 is 0 Å². The van der Waals surface area contributed by atoms with Crippen molar-refractivity contribution in [2.24, 2.45) is 5.73 Å². The van der Waals surface area contributed by atoms with Crippen molar-refractivity contribution in [2.75, 3.05) is 7.05 Å². The maximum atomic E-state index is 4.50. The number of nitrogens with two attached hydrogens (primary N) is 1. The molecule has 0 spiro atoms. The van der Waals surface area contributed by atoms with Crippen LogP contribution in [0.1, 0.15) is 99.0 Å². The van der Waals surface area contributed by atoms with Gasteiger partial charge in [0.1, 0.15) is 0 Å². The van der Waals surface area contributed by atoms with Gasteiger partial charge in [-0.3, -0.25) is 0 Å². The Morgan fingerprint density at radius 1 is 0.808 bits per heavy atom. The van der Waals surface area contributed by atoms with Crippen molar-refractivity contribution < 1.29 is 0 Å². The second-order valence-corrected chi connectivity index (χ2v) is 5.21. The van der Waals surface area contributed by atoms with Gasteiger partial charge in [0.2, 0.25) is 0 Å². The molecule has 1 rings (SSSR count). The predicted octanol–water partition coefficient (Wildman–Crippen LogP) is 8.73. The molecular formula is C25H51N. The van der Waals surface area contributed by atoms with Crippen molar-refractivity contribution >= 4 is 0 Å². The van der Waals surface area contributed by atoms with Crippen LogP contribution >= 0.6 is 0 Å². The van der Waals surface area contributed by atoms with Crippen molar-refractivity contribution in [2.45, 2.75) is 100 Å². The highest BCUT2D eigenvalue weighted by atomic mass is 14.4. The molecule has 26 heavy (non-hydrogen) atoms. The molecule has 1 aromatic carbocycles. The molecule has 0 amide bonds. The molecule has 0 saturated carbocycles. The van der Waals surface area contributed by atoms with Gasteiger partial charge in [-0.25, -0.2) is 0 Å². The summed E-state index contributed by atoms with van der Waals surface area (Å²) in [7, 11) is 1.50. The van der Waals surface area contributed by atoms with Crippen molar-refractivity contribution in [1.82, 2.24) is 0 Å². The van der Waals surface area contributed by atoms with Crippen LogP contribution in [-0.2, 0) is 0 Å². The fourth-order valence-electron chi connectivity index (χ4n) is 0.943. The average Bonchev–Trinajstić information content (AvgIpc) is 2.73. The Balaban J connectivity index is -0.0000000728. The van der Waals surface area contributed by atoms with Crippen LogP contribution in [0.25, 0.3) is 0 Å².